The van der Waals surface area contributed by atoms with Crippen molar-refractivity contribution in [1.82, 2.24) is 0 Å². The summed E-state index contributed by atoms with van der Waals surface area (Å²) in [6.45, 7) is 33.2. The molecule has 0 nitrogen and oxygen atoms in total. The lowest BCUT2D eigenvalue weighted by Gasteiger charge is -2.22. The Balaban J connectivity index is 0. The van der Waals surface area contributed by atoms with Crippen molar-refractivity contribution in [1.29, 1.82) is 0 Å². The second-order valence-electron chi connectivity index (χ2n) is 12.2. The molecule has 0 amide bonds. The fourth-order valence-electron chi connectivity index (χ4n) is 2.31. The molecule has 0 heterocycles. The zero-order valence-electron chi connectivity index (χ0n) is 24.4. The van der Waals surface area contributed by atoms with E-state index in [1.807, 2.05) is 13.8 Å². The van der Waals surface area contributed by atoms with Gasteiger partial charge < -0.3 is 0 Å². The molecule has 0 unspecified atom stereocenters. The molecule has 2 rings (SSSR count). The van der Waals surface area contributed by atoms with Gasteiger partial charge in [0.1, 0.15) is 0 Å². The quantitative estimate of drug-likeness (QED) is 0.413. The Bertz CT molecular complexity index is 681. The van der Waals surface area contributed by atoms with Crippen LogP contribution in [0.3, 0.4) is 0 Å². The van der Waals surface area contributed by atoms with Crippen LogP contribution in [-0.2, 0) is 10.8 Å². The van der Waals surface area contributed by atoms with E-state index in [0.29, 0.717) is 16.7 Å². The van der Waals surface area contributed by atoms with Gasteiger partial charge in [-0.3, -0.25) is 0 Å². The highest BCUT2D eigenvalue weighted by Crippen LogP contribution is 2.25. The maximum atomic E-state index is 2.26. The second-order valence-corrected chi connectivity index (χ2v) is 12.2. The zero-order chi connectivity index (χ0) is 25.8. The van der Waals surface area contributed by atoms with Crippen molar-refractivity contribution in [2.24, 2.45) is 11.3 Å². The smallest absolute Gasteiger partial charge is 0.0132 e. The van der Waals surface area contributed by atoms with Gasteiger partial charge in [0.2, 0.25) is 0 Å². The minimum atomic E-state index is 0.273. The predicted octanol–water partition coefficient (Wildman–Crippen LogP) is 10.8. The van der Waals surface area contributed by atoms with Crippen molar-refractivity contribution in [2.75, 3.05) is 0 Å². The van der Waals surface area contributed by atoms with Crippen LogP contribution in [0.5, 0.6) is 0 Å². The Morgan fingerprint density at radius 3 is 1.03 bits per heavy atom. The fraction of sp³-hybridized carbons (Fsp3) is 0.625. The topological polar surface area (TPSA) is 0 Å². The lowest BCUT2D eigenvalue weighted by molar-refractivity contribution is 0.283. The van der Waals surface area contributed by atoms with E-state index in [0.717, 1.165) is 5.92 Å². The largest absolute Gasteiger partial charge is 0.0683 e. The summed E-state index contributed by atoms with van der Waals surface area (Å²) in [4.78, 5) is 0. The Morgan fingerprint density at radius 1 is 0.500 bits per heavy atom. The van der Waals surface area contributed by atoms with Crippen LogP contribution in [0.1, 0.15) is 126 Å². The Labute approximate surface area is 203 Å². The van der Waals surface area contributed by atoms with Gasteiger partial charge in [-0.15, -0.1) is 0 Å². The van der Waals surface area contributed by atoms with Gasteiger partial charge >= 0.3 is 0 Å². The summed E-state index contributed by atoms with van der Waals surface area (Å²) in [7, 11) is 0. The van der Waals surface area contributed by atoms with E-state index in [1.165, 1.54) is 16.7 Å². The highest BCUT2D eigenvalue weighted by Gasteiger charge is 2.14. The third-order valence-corrected chi connectivity index (χ3v) is 5.82. The molecule has 0 aliphatic heterocycles. The summed E-state index contributed by atoms with van der Waals surface area (Å²) in [5.41, 5.74) is 5.30. The molecule has 0 fully saturated rings. The summed E-state index contributed by atoms with van der Waals surface area (Å²) < 4.78 is 0. The standard InChI is InChI=1S/C13H20.C10H14.C7H16.C2H6/c1-10(2)11-6-8-12(9-7-11)13(3,4)5;1-10(2,3)9-7-5-4-6-8-9;1-6(2)7(3,4)5;1-2/h6-10H,1-5H3;4-8H,1-3H3;6H,1-5H3;1-2H3. The first-order chi connectivity index (χ1) is 14.5. The van der Waals surface area contributed by atoms with Crippen molar-refractivity contribution < 1.29 is 0 Å². The molecule has 0 bridgehead atoms. The summed E-state index contributed by atoms with van der Waals surface area (Å²) in [6, 6.07) is 19.5. The normalized spacial score (nSPS) is 11.5. The third-order valence-electron chi connectivity index (χ3n) is 5.82. The van der Waals surface area contributed by atoms with Gasteiger partial charge in [0.15, 0.2) is 0 Å². The first kappa shape index (κ1) is 32.6. The van der Waals surface area contributed by atoms with Crippen LogP contribution < -0.4 is 0 Å². The number of benzene rings is 2. The van der Waals surface area contributed by atoms with Crippen LogP contribution in [0.2, 0.25) is 0 Å². The van der Waals surface area contributed by atoms with Crippen molar-refractivity contribution in [3.05, 3.63) is 71.3 Å². The van der Waals surface area contributed by atoms with Crippen LogP contribution in [0.25, 0.3) is 0 Å². The van der Waals surface area contributed by atoms with Gasteiger partial charge in [0.05, 0.1) is 0 Å². The lowest BCUT2D eigenvalue weighted by Crippen LogP contribution is -2.12. The fourth-order valence-corrected chi connectivity index (χ4v) is 2.31. The molecule has 2 aromatic rings. The summed E-state index contributed by atoms with van der Waals surface area (Å²) >= 11 is 0. The maximum Gasteiger partial charge on any atom is -0.0132 e. The first-order valence-electron chi connectivity index (χ1n) is 12.6. The van der Waals surface area contributed by atoms with Crippen LogP contribution in [0.15, 0.2) is 54.6 Å². The Morgan fingerprint density at radius 2 is 0.812 bits per heavy atom. The van der Waals surface area contributed by atoms with Gasteiger partial charge in [-0.1, -0.05) is 158 Å². The van der Waals surface area contributed by atoms with Gasteiger partial charge in [-0.25, -0.2) is 0 Å². The van der Waals surface area contributed by atoms with E-state index in [4.69, 9.17) is 0 Å². The van der Waals surface area contributed by atoms with Gasteiger partial charge in [0, 0.05) is 0 Å². The van der Waals surface area contributed by atoms with E-state index in [1.54, 1.807) is 0 Å². The van der Waals surface area contributed by atoms with Crippen molar-refractivity contribution in [3.63, 3.8) is 0 Å². The average Bonchev–Trinajstić information content (AvgIpc) is 2.69. The molecule has 0 atom stereocenters. The lowest BCUT2D eigenvalue weighted by atomic mass is 9.84. The molecule has 0 aromatic heterocycles. The monoisotopic (exact) mass is 440 g/mol. The van der Waals surface area contributed by atoms with E-state index in [2.05, 4.69) is 145 Å². The molecule has 32 heavy (non-hydrogen) atoms. The molecule has 0 aliphatic carbocycles. The summed E-state index contributed by atoms with van der Waals surface area (Å²) in [5, 5.41) is 0. The molecule has 0 heteroatoms. The predicted molar refractivity (Wildman–Crippen MR) is 150 cm³/mol. The van der Waals surface area contributed by atoms with Gasteiger partial charge in [-0.05, 0) is 44.8 Å². The highest BCUT2D eigenvalue weighted by molar-refractivity contribution is 5.28. The van der Waals surface area contributed by atoms with Gasteiger partial charge in [-0.2, -0.15) is 0 Å². The summed E-state index contributed by atoms with van der Waals surface area (Å²) in [5.74, 6) is 1.43. The van der Waals surface area contributed by atoms with E-state index in [-0.39, 0.29) is 5.41 Å². The van der Waals surface area contributed by atoms with Crippen LogP contribution in [0.4, 0.5) is 0 Å². The molecular weight excluding hydrogens is 384 g/mol. The van der Waals surface area contributed by atoms with E-state index in [9.17, 15) is 0 Å². The Hall–Kier alpha value is -1.56. The minimum Gasteiger partial charge on any atom is -0.0683 e. The van der Waals surface area contributed by atoms with Crippen LogP contribution in [-0.4, -0.2) is 0 Å². The molecule has 0 spiro atoms. The number of rotatable bonds is 1. The first-order valence-corrected chi connectivity index (χ1v) is 12.6. The maximum absolute atomic E-state index is 2.26. The van der Waals surface area contributed by atoms with E-state index >= 15 is 0 Å². The molecule has 2 aromatic carbocycles. The zero-order valence-corrected chi connectivity index (χ0v) is 24.4. The SMILES string of the molecule is CC.CC(C)(C)c1ccccc1.CC(C)C(C)(C)C.CC(C)c1ccc(C(C)(C)C)cc1. The molecule has 184 valence electrons. The van der Waals surface area contributed by atoms with Gasteiger partial charge in [0.25, 0.3) is 0 Å². The third kappa shape index (κ3) is 14.5. The second kappa shape index (κ2) is 14.6. The molecule has 0 radical (unpaired) electrons. The average molecular weight is 441 g/mol. The highest BCUT2D eigenvalue weighted by atomic mass is 14.2. The van der Waals surface area contributed by atoms with E-state index < -0.39 is 0 Å². The number of hydrogen-bond acceptors (Lipinski definition) is 0. The minimum absolute atomic E-state index is 0.273. The molecule has 0 saturated heterocycles. The van der Waals surface area contributed by atoms with Crippen LogP contribution >= 0.6 is 0 Å². The van der Waals surface area contributed by atoms with Crippen molar-refractivity contribution in [2.45, 2.75) is 121 Å². The molecular formula is C32H56. The summed E-state index contributed by atoms with van der Waals surface area (Å²) in [6.07, 6.45) is 0. The number of hydrogen-bond donors (Lipinski definition) is 0. The molecule has 0 aliphatic rings. The molecule has 0 N–H and O–H groups in total. The van der Waals surface area contributed by atoms with Crippen LogP contribution in [0, 0.1) is 11.3 Å². The Kier molecular flexibility index (Phi) is 14.8. The molecule has 0 saturated carbocycles. The van der Waals surface area contributed by atoms with Crippen molar-refractivity contribution >= 4 is 0 Å². The van der Waals surface area contributed by atoms with Crippen molar-refractivity contribution in [3.8, 4) is 0 Å².